The summed E-state index contributed by atoms with van der Waals surface area (Å²) in [7, 11) is 2.30. The molecule has 0 spiro atoms. The van der Waals surface area contributed by atoms with Gasteiger partial charge in [0.25, 0.3) is 5.91 Å². The van der Waals surface area contributed by atoms with Gasteiger partial charge in [0.2, 0.25) is 0 Å². The number of carboxylic acids is 2. The van der Waals surface area contributed by atoms with Crippen LogP contribution in [0.2, 0.25) is 20.1 Å². The van der Waals surface area contributed by atoms with Crippen molar-refractivity contribution < 1.29 is 56.8 Å². The molecule has 4 aromatic carbocycles. The van der Waals surface area contributed by atoms with Crippen LogP contribution in [0.1, 0.15) is 168 Å². The lowest BCUT2D eigenvalue weighted by Crippen LogP contribution is -2.26. The Kier molecular flexibility index (Phi) is 31.9. The summed E-state index contributed by atoms with van der Waals surface area (Å²) in [5, 5.41) is 42.6. The SMILES string of the molecule is CC(C)c1cnc(-c2cc(Cl)ccc2F)nc1Nc1ccncc1C(=O)NC1CC1.CC(C)c1cnc(-c2cc(Cl)ccc2F)nc1Nc1ccncc1C(=O)O.CC(C)c1cnc(-c2cc(Cl)ccc2F)nc1Nc1ccncc1C(=O)O.CO.COC(=O)c1cnccc1Nc1nc(-c2cc(Cl)ccc2F)ncc1C(C)C.NC1CC1. The normalized spacial score (nSPS) is 11.9. The summed E-state index contributed by atoms with van der Waals surface area (Å²) in [5.41, 5.74) is 11.5. The number of ether oxygens (including phenoxy) is 1. The average Bonchev–Trinajstić information content (AvgIpc) is 0.820. The number of amides is 1. The summed E-state index contributed by atoms with van der Waals surface area (Å²) in [6, 6.07) is 24.0. The predicted molar refractivity (Wildman–Crippen MR) is 447 cm³/mol. The lowest BCUT2D eigenvalue weighted by Gasteiger charge is -2.16. The number of carbonyl (C=O) groups excluding carboxylic acids is 2. The fourth-order valence-electron chi connectivity index (χ4n) is 10.8. The molecular formula is C84H82Cl4F4N18O8. The minimum Gasteiger partial charge on any atom is -0.478 e. The molecule has 612 valence electrons. The predicted octanol–water partition coefficient (Wildman–Crippen LogP) is 19.6. The molecule has 14 rings (SSSR count). The van der Waals surface area contributed by atoms with Crippen molar-refractivity contribution in [3.8, 4) is 45.6 Å². The molecule has 2 aliphatic rings. The number of aromatic carboxylic acids is 2. The molecule has 1 amide bonds. The Hall–Kier alpha value is -12.3. The fourth-order valence-corrected chi connectivity index (χ4v) is 11.4. The van der Waals surface area contributed by atoms with E-state index in [1.165, 1.54) is 142 Å². The van der Waals surface area contributed by atoms with Crippen LogP contribution in [0.4, 0.5) is 63.6 Å². The van der Waals surface area contributed by atoms with Crippen LogP contribution in [-0.4, -0.2) is 125 Å². The van der Waals surface area contributed by atoms with Gasteiger partial charge in [0, 0.05) is 136 Å². The number of methoxy groups -OCH3 is 1. The van der Waals surface area contributed by atoms with E-state index in [0.717, 1.165) is 42.2 Å². The van der Waals surface area contributed by atoms with Crippen molar-refractivity contribution in [3.63, 3.8) is 0 Å². The second-order valence-electron chi connectivity index (χ2n) is 27.5. The first-order valence-electron chi connectivity index (χ1n) is 36.6. The molecule has 0 atom stereocenters. The number of pyridine rings is 4. The Bertz CT molecular complexity index is 5420. The number of nitrogens with zero attached hydrogens (tertiary/aromatic N) is 12. The van der Waals surface area contributed by atoms with Crippen molar-refractivity contribution in [1.82, 2.24) is 65.1 Å². The van der Waals surface area contributed by atoms with E-state index in [0.29, 0.717) is 77.7 Å². The summed E-state index contributed by atoms with van der Waals surface area (Å²) in [5.74, 6) is -2.17. The van der Waals surface area contributed by atoms with Crippen LogP contribution in [0.25, 0.3) is 45.6 Å². The van der Waals surface area contributed by atoms with Crippen molar-refractivity contribution >= 4 is 116 Å². The van der Waals surface area contributed by atoms with Crippen LogP contribution in [-0.2, 0) is 4.74 Å². The number of benzene rings is 4. The Morgan fingerprint density at radius 1 is 0.407 bits per heavy atom. The number of carboxylic acid groups (broad SMARTS) is 2. The molecule has 2 saturated carbocycles. The van der Waals surface area contributed by atoms with E-state index < -0.39 is 41.2 Å². The monoisotopic (exact) mass is 1690 g/mol. The number of rotatable bonds is 21. The number of hydrogen-bond acceptors (Lipinski definition) is 23. The van der Waals surface area contributed by atoms with Gasteiger partial charge < -0.3 is 52.4 Å². The minimum absolute atomic E-state index is 0.00121. The second kappa shape index (κ2) is 42.0. The third-order valence-electron chi connectivity index (χ3n) is 17.4. The molecule has 118 heavy (non-hydrogen) atoms. The van der Waals surface area contributed by atoms with Crippen LogP contribution in [0.15, 0.2) is 171 Å². The third kappa shape index (κ3) is 24.4. The molecule has 0 aliphatic heterocycles. The number of halogens is 8. The zero-order chi connectivity index (χ0) is 85.6. The molecule has 10 N–H and O–H groups in total. The molecule has 12 aromatic rings. The topological polar surface area (TPSA) is 379 Å². The number of aliphatic hydroxyl groups excluding tert-OH is 1. The number of aliphatic hydroxyl groups is 1. The summed E-state index contributed by atoms with van der Waals surface area (Å²) in [6.45, 7) is 15.8. The van der Waals surface area contributed by atoms with E-state index in [-0.39, 0.29) is 97.9 Å². The molecule has 8 heterocycles. The highest BCUT2D eigenvalue weighted by Gasteiger charge is 2.27. The van der Waals surface area contributed by atoms with Crippen molar-refractivity contribution in [2.45, 2.75) is 117 Å². The zero-order valence-electron chi connectivity index (χ0n) is 65.3. The Labute approximate surface area is 697 Å². The second-order valence-corrected chi connectivity index (χ2v) is 29.2. The molecule has 2 fully saturated rings. The third-order valence-corrected chi connectivity index (χ3v) is 18.3. The van der Waals surface area contributed by atoms with Gasteiger partial charge in [0.05, 0.1) is 57.7 Å². The van der Waals surface area contributed by atoms with Crippen LogP contribution in [0.5, 0.6) is 0 Å². The van der Waals surface area contributed by atoms with Crippen LogP contribution < -0.4 is 32.3 Å². The van der Waals surface area contributed by atoms with Gasteiger partial charge in [-0.1, -0.05) is 102 Å². The van der Waals surface area contributed by atoms with Gasteiger partial charge in [-0.2, -0.15) is 0 Å². The molecule has 0 unspecified atom stereocenters. The molecule has 0 radical (unpaired) electrons. The number of anilines is 8. The van der Waals surface area contributed by atoms with Gasteiger partial charge in [-0.15, -0.1) is 0 Å². The number of nitrogens with one attached hydrogen (secondary N) is 5. The standard InChI is InChI=1S/C22H21ClFN5O.C20H18ClFN4O2.2C19H16ClFN4O2.C3H7N.CH4O/c1-12(2)16-11-26-20(15-9-13(23)3-6-18(15)24)29-21(16)28-19-7-8-25-10-17(19)22(30)27-14-4-5-14;1-11(2)14-10-24-18(13-8-12(21)4-5-16(13)22)26-19(14)25-17-6-7-23-9-15(17)20(27)28-3;2*1-10(2)13-9-23-17(12-7-11(20)3-4-15(12)21)25-18(13)24-16-5-6-22-8-14(16)19(26)27;4-3-1-2-3;1-2/h3,6-12,14H,4-5H2,1-2H3,(H,27,30)(H,25,26,28,29);4-11H,1-3H3,(H,23,24,25,26);2*3-10H,1-2H3,(H,26,27)(H,22,23,24,25);3H,1-2,4H2;2H,1H3. The van der Waals surface area contributed by atoms with E-state index in [4.69, 9.17) is 62.0 Å². The summed E-state index contributed by atoms with van der Waals surface area (Å²) < 4.78 is 61.8. The smallest absolute Gasteiger partial charge is 0.341 e. The largest absolute Gasteiger partial charge is 0.478 e. The Morgan fingerprint density at radius 3 is 0.907 bits per heavy atom. The zero-order valence-corrected chi connectivity index (χ0v) is 68.3. The van der Waals surface area contributed by atoms with Crippen LogP contribution in [0, 0.1) is 23.3 Å². The first-order valence-corrected chi connectivity index (χ1v) is 38.2. The summed E-state index contributed by atoms with van der Waals surface area (Å²) in [4.78, 5) is 98.2. The summed E-state index contributed by atoms with van der Waals surface area (Å²) in [6.07, 6.45) is 22.5. The molecule has 0 saturated heterocycles. The lowest BCUT2D eigenvalue weighted by atomic mass is 10.1. The molecule has 26 nitrogen and oxygen atoms in total. The Balaban J connectivity index is 0.000000175. The van der Waals surface area contributed by atoms with Gasteiger partial charge in [0.15, 0.2) is 23.3 Å². The lowest BCUT2D eigenvalue weighted by molar-refractivity contribution is 0.0599. The van der Waals surface area contributed by atoms with Crippen molar-refractivity contribution in [2.24, 2.45) is 5.73 Å². The van der Waals surface area contributed by atoms with Crippen LogP contribution in [0.3, 0.4) is 0 Å². The minimum atomic E-state index is -1.12. The molecule has 2 aliphatic carbocycles. The molecule has 8 aromatic heterocycles. The number of esters is 1. The van der Waals surface area contributed by atoms with E-state index in [1.54, 1.807) is 49.3 Å². The van der Waals surface area contributed by atoms with Gasteiger partial charge in [0.1, 0.15) is 63.2 Å². The van der Waals surface area contributed by atoms with Crippen molar-refractivity contribution in [2.75, 3.05) is 35.5 Å². The molecular weight excluding hydrogens is 1610 g/mol. The fraction of sp³-hybridized carbons (Fsp3) is 0.238. The number of carbonyl (C=O) groups is 4. The maximum atomic E-state index is 14.4. The van der Waals surface area contributed by atoms with E-state index in [9.17, 15) is 47.0 Å². The van der Waals surface area contributed by atoms with Gasteiger partial charge >= 0.3 is 17.9 Å². The Morgan fingerprint density at radius 2 is 0.661 bits per heavy atom. The number of aromatic nitrogens is 12. The number of nitrogens with two attached hydrogens (primary N) is 1. The molecule has 34 heteroatoms. The van der Waals surface area contributed by atoms with Gasteiger partial charge in [-0.25, -0.2) is 71.8 Å². The van der Waals surface area contributed by atoms with E-state index in [1.807, 2.05) is 55.4 Å². The van der Waals surface area contributed by atoms with Crippen LogP contribution >= 0.6 is 46.4 Å². The average molecular weight is 1690 g/mol. The number of hydrogen-bond donors (Lipinski definition) is 9. The first-order chi connectivity index (χ1) is 56.4. The van der Waals surface area contributed by atoms with E-state index >= 15 is 0 Å². The van der Waals surface area contributed by atoms with Crippen molar-refractivity contribution in [3.05, 3.63) is 259 Å². The highest BCUT2D eigenvalue weighted by molar-refractivity contribution is 6.32. The maximum Gasteiger partial charge on any atom is 0.341 e. The highest BCUT2D eigenvalue weighted by atomic mass is 35.5. The summed E-state index contributed by atoms with van der Waals surface area (Å²) >= 11 is 24.0. The van der Waals surface area contributed by atoms with E-state index in [2.05, 4.69) is 86.4 Å². The quantitative estimate of drug-likeness (QED) is 0.0238. The molecule has 0 bridgehead atoms. The first kappa shape index (κ1) is 89.6. The van der Waals surface area contributed by atoms with Gasteiger partial charge in [-0.05, 0) is 146 Å². The maximum absolute atomic E-state index is 14.4. The highest BCUT2D eigenvalue weighted by Crippen LogP contribution is 2.37. The van der Waals surface area contributed by atoms with Crippen molar-refractivity contribution in [1.29, 1.82) is 0 Å². The van der Waals surface area contributed by atoms with Gasteiger partial charge in [-0.3, -0.25) is 24.7 Å².